The number of hydrogen-bond acceptors (Lipinski definition) is 1. The van der Waals surface area contributed by atoms with Crippen molar-refractivity contribution in [3.05, 3.63) is 48.8 Å². The van der Waals surface area contributed by atoms with E-state index in [9.17, 15) is 0 Å². The largest absolute Gasteiger partial charge is 2.00 e. The molecule has 3 heteroatoms. The molecule has 0 amide bonds. The second-order valence-corrected chi connectivity index (χ2v) is 3.28. The topological polar surface area (TPSA) is 27.0 Å². The fourth-order valence-corrected chi connectivity index (χ4v) is 1.73. The molecule has 3 rings (SSSR count). The molecule has 0 unspecified atom stereocenters. The molecule has 15 heavy (non-hydrogen) atoms. The summed E-state index contributed by atoms with van der Waals surface area (Å²) in [5.74, 6) is 0. The van der Waals surface area contributed by atoms with Crippen molar-refractivity contribution in [1.82, 2.24) is 4.98 Å². The molecule has 1 aromatic carbocycles. The van der Waals surface area contributed by atoms with Crippen LogP contribution < -0.4 is 4.98 Å². The third-order valence-electron chi connectivity index (χ3n) is 2.41. The SMILES string of the molecule is [Fe+2].c1cnc2c(c1)ccc1ccc[nH+]c12. The number of aromatic nitrogens is 2. The van der Waals surface area contributed by atoms with Crippen molar-refractivity contribution < 1.29 is 22.1 Å². The molecule has 0 aliphatic heterocycles. The van der Waals surface area contributed by atoms with E-state index in [0.29, 0.717) is 0 Å². The van der Waals surface area contributed by atoms with Crippen LogP contribution in [0.3, 0.4) is 0 Å². The number of nitrogens with zero attached hydrogens (tertiary/aromatic N) is 1. The Balaban J connectivity index is 0.000000853. The maximum Gasteiger partial charge on any atom is 2.00 e. The molecule has 0 saturated heterocycles. The molecule has 3 aromatic rings. The molecule has 0 bridgehead atoms. The molecule has 0 fully saturated rings. The normalized spacial score (nSPS) is 10.1. The van der Waals surface area contributed by atoms with Crippen LogP contribution in [0.15, 0.2) is 48.8 Å². The van der Waals surface area contributed by atoms with Crippen molar-refractivity contribution in [3.8, 4) is 0 Å². The molecule has 0 saturated carbocycles. The van der Waals surface area contributed by atoms with Gasteiger partial charge in [-0.05, 0) is 18.2 Å². The van der Waals surface area contributed by atoms with Crippen LogP contribution in [0.5, 0.6) is 0 Å². The standard InChI is InChI=1S/C12H8N2.Fe/c1-3-9-5-6-10-4-2-8-14-12(10)11(9)13-7-1;/h1-8H;/q;+2/p+1. The predicted molar refractivity (Wildman–Crippen MR) is 55.8 cm³/mol. The van der Waals surface area contributed by atoms with Crippen LogP contribution in [-0.2, 0) is 17.1 Å². The van der Waals surface area contributed by atoms with Gasteiger partial charge in [0.25, 0.3) is 0 Å². The average Bonchev–Trinajstić information content (AvgIpc) is 2.29. The van der Waals surface area contributed by atoms with Crippen LogP contribution >= 0.6 is 0 Å². The third-order valence-corrected chi connectivity index (χ3v) is 2.41. The summed E-state index contributed by atoms with van der Waals surface area (Å²) >= 11 is 0. The molecule has 0 atom stereocenters. The Labute approximate surface area is 97.8 Å². The van der Waals surface area contributed by atoms with Crippen molar-refractivity contribution >= 4 is 21.8 Å². The molecular formula is C12H9FeN2+3. The summed E-state index contributed by atoms with van der Waals surface area (Å²) in [5.41, 5.74) is 2.14. The molecule has 72 valence electrons. The molecule has 0 aliphatic rings. The van der Waals surface area contributed by atoms with Crippen molar-refractivity contribution in [2.24, 2.45) is 0 Å². The molecule has 2 heterocycles. The van der Waals surface area contributed by atoms with Gasteiger partial charge in [0.05, 0.1) is 0 Å². The fourth-order valence-electron chi connectivity index (χ4n) is 1.73. The van der Waals surface area contributed by atoms with E-state index in [2.05, 4.69) is 34.2 Å². The van der Waals surface area contributed by atoms with Crippen LogP contribution in [0.4, 0.5) is 0 Å². The van der Waals surface area contributed by atoms with Crippen molar-refractivity contribution in [3.63, 3.8) is 0 Å². The first-order valence-electron chi connectivity index (χ1n) is 4.59. The zero-order valence-corrected chi connectivity index (χ0v) is 9.02. The predicted octanol–water partition coefficient (Wildman–Crippen LogP) is 2.20. The van der Waals surface area contributed by atoms with Gasteiger partial charge in [0.1, 0.15) is 5.52 Å². The van der Waals surface area contributed by atoms with E-state index in [1.807, 2.05) is 24.5 Å². The molecule has 1 N–H and O–H groups in total. The summed E-state index contributed by atoms with van der Waals surface area (Å²) in [5, 5.41) is 2.36. The van der Waals surface area contributed by atoms with E-state index in [1.54, 1.807) is 0 Å². The second-order valence-electron chi connectivity index (χ2n) is 3.28. The number of hydrogen-bond donors (Lipinski definition) is 0. The van der Waals surface area contributed by atoms with Crippen LogP contribution in [0.25, 0.3) is 21.8 Å². The van der Waals surface area contributed by atoms with Gasteiger partial charge < -0.3 is 0 Å². The smallest absolute Gasteiger partial charge is 0.249 e. The van der Waals surface area contributed by atoms with Gasteiger partial charge in [-0.1, -0.05) is 12.1 Å². The summed E-state index contributed by atoms with van der Waals surface area (Å²) in [6.07, 6.45) is 3.75. The molecule has 0 spiro atoms. The van der Waals surface area contributed by atoms with Gasteiger partial charge in [0.15, 0.2) is 6.20 Å². The summed E-state index contributed by atoms with van der Waals surface area (Å²) in [4.78, 5) is 7.61. The minimum absolute atomic E-state index is 0. The summed E-state index contributed by atoms with van der Waals surface area (Å²) in [6.45, 7) is 0. The first-order chi connectivity index (χ1) is 6.95. The molecule has 2 aromatic heterocycles. The van der Waals surface area contributed by atoms with Crippen LogP contribution in [0.1, 0.15) is 0 Å². The van der Waals surface area contributed by atoms with Gasteiger partial charge in [-0.25, -0.2) is 9.97 Å². The first-order valence-corrected chi connectivity index (χ1v) is 4.59. The third kappa shape index (κ3) is 1.60. The minimum atomic E-state index is 0. The Morgan fingerprint density at radius 3 is 2.67 bits per heavy atom. The zero-order valence-electron chi connectivity index (χ0n) is 7.92. The summed E-state index contributed by atoms with van der Waals surface area (Å²) < 4.78 is 0. The van der Waals surface area contributed by atoms with Crippen LogP contribution in [0.2, 0.25) is 0 Å². The van der Waals surface area contributed by atoms with Crippen LogP contribution in [-0.4, -0.2) is 4.98 Å². The number of benzene rings is 1. The van der Waals surface area contributed by atoms with Gasteiger partial charge >= 0.3 is 17.1 Å². The Bertz CT molecular complexity index is 553. The number of aromatic amines is 1. The monoisotopic (exact) mass is 237 g/mol. The maximum atomic E-state index is 4.38. The molecule has 0 radical (unpaired) electrons. The second kappa shape index (κ2) is 3.97. The quantitative estimate of drug-likeness (QED) is 0.435. The summed E-state index contributed by atoms with van der Waals surface area (Å²) in [6, 6.07) is 12.3. The molecule has 0 aliphatic carbocycles. The van der Waals surface area contributed by atoms with Crippen molar-refractivity contribution in [2.75, 3.05) is 0 Å². The van der Waals surface area contributed by atoms with E-state index in [1.165, 1.54) is 10.8 Å². The first kappa shape index (κ1) is 10.1. The molecule has 2 nitrogen and oxygen atoms in total. The Hall–Kier alpha value is -1.44. The van der Waals surface area contributed by atoms with E-state index in [0.717, 1.165) is 11.0 Å². The van der Waals surface area contributed by atoms with Crippen molar-refractivity contribution in [1.29, 1.82) is 0 Å². The number of nitrogens with one attached hydrogen (secondary N) is 1. The molecular weight excluding hydrogens is 228 g/mol. The van der Waals surface area contributed by atoms with E-state index < -0.39 is 0 Å². The van der Waals surface area contributed by atoms with Gasteiger partial charge in [0, 0.05) is 23.0 Å². The number of H-pyrrole nitrogens is 1. The average molecular weight is 237 g/mol. The number of pyridine rings is 2. The zero-order chi connectivity index (χ0) is 9.38. The Morgan fingerprint density at radius 2 is 1.73 bits per heavy atom. The Kier molecular flexibility index (Phi) is 2.67. The minimum Gasteiger partial charge on any atom is -0.249 e. The number of rotatable bonds is 0. The fraction of sp³-hybridized carbons (Fsp3) is 0. The van der Waals surface area contributed by atoms with Gasteiger partial charge in [-0.3, -0.25) is 0 Å². The number of fused-ring (bicyclic) bond motifs is 3. The van der Waals surface area contributed by atoms with E-state index in [-0.39, 0.29) is 17.1 Å². The van der Waals surface area contributed by atoms with Gasteiger partial charge in [0.2, 0.25) is 5.52 Å². The summed E-state index contributed by atoms with van der Waals surface area (Å²) in [7, 11) is 0. The van der Waals surface area contributed by atoms with Crippen LogP contribution in [0, 0.1) is 0 Å². The van der Waals surface area contributed by atoms with Crippen molar-refractivity contribution in [2.45, 2.75) is 0 Å². The van der Waals surface area contributed by atoms with E-state index in [4.69, 9.17) is 0 Å². The van der Waals surface area contributed by atoms with Gasteiger partial charge in [-0.15, -0.1) is 0 Å². The maximum absolute atomic E-state index is 4.38. The van der Waals surface area contributed by atoms with Gasteiger partial charge in [-0.2, -0.15) is 0 Å². The Morgan fingerprint density at radius 1 is 0.933 bits per heavy atom. The van der Waals surface area contributed by atoms with E-state index >= 15 is 0 Å².